The number of nitrogens with zero attached hydrogens (tertiary/aromatic N) is 4. The van der Waals surface area contributed by atoms with Crippen molar-refractivity contribution in [3.63, 3.8) is 0 Å². The lowest BCUT2D eigenvalue weighted by Gasteiger charge is -2.22. The number of aromatic nitrogens is 4. The van der Waals surface area contributed by atoms with Gasteiger partial charge in [0.1, 0.15) is 0 Å². The quantitative estimate of drug-likeness (QED) is 0.807. The number of anilines is 2. The molecule has 0 atom stereocenters. The number of hydrogen-bond donors (Lipinski definition) is 2. The zero-order chi connectivity index (χ0) is 13.9. The summed E-state index contributed by atoms with van der Waals surface area (Å²) in [4.78, 5) is 0. The van der Waals surface area contributed by atoms with Gasteiger partial charge in [-0.15, -0.1) is 5.10 Å². The highest BCUT2D eigenvalue weighted by molar-refractivity contribution is 5.74. The van der Waals surface area contributed by atoms with Crippen molar-refractivity contribution in [2.24, 2.45) is 5.92 Å². The summed E-state index contributed by atoms with van der Waals surface area (Å²) in [7, 11) is 0. The van der Waals surface area contributed by atoms with E-state index in [9.17, 15) is 0 Å². The highest BCUT2D eigenvalue weighted by Crippen LogP contribution is 2.26. The number of ether oxygens (including phenoxy) is 1. The highest BCUT2D eigenvalue weighted by Gasteiger charge is 2.18. The molecular weight excluding hydrogens is 256 g/mol. The molecule has 0 bridgehead atoms. The number of rotatable bonds is 3. The largest absolute Gasteiger partial charge is 0.399 e. The lowest BCUT2D eigenvalue weighted by molar-refractivity contribution is 0.0601. The monoisotopic (exact) mass is 274 g/mol. The summed E-state index contributed by atoms with van der Waals surface area (Å²) in [6, 6.07) is 5.39. The highest BCUT2D eigenvalue weighted by atomic mass is 16.5. The predicted octanol–water partition coefficient (Wildman–Crippen LogP) is 0.931. The smallest absolute Gasteiger partial charge is 0.184 e. The van der Waals surface area contributed by atoms with Crippen molar-refractivity contribution in [3.8, 4) is 11.4 Å². The zero-order valence-electron chi connectivity index (χ0n) is 11.2. The second-order valence-electron chi connectivity index (χ2n) is 5.09. The number of nitrogens with two attached hydrogens (primary N) is 2. The van der Waals surface area contributed by atoms with E-state index in [1.807, 2.05) is 10.7 Å². The molecule has 1 aliphatic heterocycles. The molecule has 1 aromatic carbocycles. The average Bonchev–Trinajstić information content (AvgIpc) is 2.88. The molecule has 3 rings (SSSR count). The first-order valence-corrected chi connectivity index (χ1v) is 6.73. The van der Waals surface area contributed by atoms with Gasteiger partial charge >= 0.3 is 0 Å². The number of tetrazole rings is 1. The van der Waals surface area contributed by atoms with Gasteiger partial charge in [0.15, 0.2) is 5.82 Å². The predicted molar refractivity (Wildman–Crippen MR) is 75.6 cm³/mol. The Morgan fingerprint density at radius 1 is 1.25 bits per heavy atom. The van der Waals surface area contributed by atoms with Crippen LogP contribution in [0.4, 0.5) is 11.4 Å². The molecule has 7 nitrogen and oxygen atoms in total. The molecule has 0 amide bonds. The van der Waals surface area contributed by atoms with Crippen LogP contribution >= 0.6 is 0 Å². The fourth-order valence-electron chi connectivity index (χ4n) is 2.48. The van der Waals surface area contributed by atoms with Crippen molar-refractivity contribution in [1.29, 1.82) is 0 Å². The van der Waals surface area contributed by atoms with E-state index in [2.05, 4.69) is 15.5 Å². The molecule has 1 aromatic heterocycles. The van der Waals surface area contributed by atoms with Crippen LogP contribution in [0.1, 0.15) is 12.8 Å². The Bertz CT molecular complexity index is 590. The van der Waals surface area contributed by atoms with Crippen LogP contribution in [0.5, 0.6) is 0 Å². The summed E-state index contributed by atoms with van der Waals surface area (Å²) in [5.74, 6) is 1.23. The lowest BCUT2D eigenvalue weighted by atomic mass is 10.0. The van der Waals surface area contributed by atoms with Crippen LogP contribution in [-0.4, -0.2) is 33.4 Å². The van der Waals surface area contributed by atoms with Crippen molar-refractivity contribution in [1.82, 2.24) is 20.2 Å². The van der Waals surface area contributed by atoms with E-state index in [1.165, 1.54) is 0 Å². The summed E-state index contributed by atoms with van der Waals surface area (Å²) < 4.78 is 7.19. The van der Waals surface area contributed by atoms with Gasteiger partial charge in [-0.25, -0.2) is 4.68 Å². The van der Waals surface area contributed by atoms with Crippen LogP contribution in [0.25, 0.3) is 11.4 Å². The van der Waals surface area contributed by atoms with Crippen molar-refractivity contribution in [3.05, 3.63) is 18.2 Å². The van der Waals surface area contributed by atoms with Gasteiger partial charge in [0, 0.05) is 36.7 Å². The molecule has 106 valence electrons. The molecule has 0 aliphatic carbocycles. The molecule has 4 N–H and O–H groups in total. The lowest BCUT2D eigenvalue weighted by Crippen LogP contribution is -2.21. The first-order chi connectivity index (χ1) is 9.74. The van der Waals surface area contributed by atoms with E-state index < -0.39 is 0 Å². The fourth-order valence-corrected chi connectivity index (χ4v) is 2.48. The second kappa shape index (κ2) is 5.46. The van der Waals surface area contributed by atoms with Crippen LogP contribution < -0.4 is 11.5 Å². The summed E-state index contributed by atoms with van der Waals surface area (Å²) in [5.41, 5.74) is 13.8. The number of nitrogen functional groups attached to an aromatic ring is 2. The zero-order valence-corrected chi connectivity index (χ0v) is 11.2. The average molecular weight is 274 g/mol. The molecule has 1 aliphatic rings. The summed E-state index contributed by atoms with van der Waals surface area (Å²) in [6.07, 6.45) is 2.08. The van der Waals surface area contributed by atoms with E-state index in [4.69, 9.17) is 16.2 Å². The van der Waals surface area contributed by atoms with Crippen LogP contribution in [0.15, 0.2) is 18.2 Å². The minimum absolute atomic E-state index is 0.543. The molecule has 20 heavy (non-hydrogen) atoms. The molecule has 0 unspecified atom stereocenters. The maximum absolute atomic E-state index is 6.01. The standard InChI is InChI=1S/C13H18N6O/c14-10-1-2-11(12(15)7-10)13-16-17-18-19(13)8-9-3-5-20-6-4-9/h1-2,7,9H,3-6,8,14-15H2. The van der Waals surface area contributed by atoms with Crippen LogP contribution in [0.2, 0.25) is 0 Å². The minimum Gasteiger partial charge on any atom is -0.399 e. The van der Waals surface area contributed by atoms with Crippen molar-refractivity contribution < 1.29 is 4.74 Å². The van der Waals surface area contributed by atoms with E-state index >= 15 is 0 Å². The molecule has 0 spiro atoms. The molecule has 2 heterocycles. The summed E-state index contributed by atoms with van der Waals surface area (Å²) in [6.45, 7) is 2.41. The van der Waals surface area contributed by atoms with E-state index in [1.54, 1.807) is 12.1 Å². The van der Waals surface area contributed by atoms with Gasteiger partial charge in [0.2, 0.25) is 0 Å². The fraction of sp³-hybridized carbons (Fsp3) is 0.462. The first-order valence-electron chi connectivity index (χ1n) is 6.73. The molecule has 1 saturated heterocycles. The Hall–Kier alpha value is -2.15. The van der Waals surface area contributed by atoms with Gasteiger partial charge < -0.3 is 16.2 Å². The topological polar surface area (TPSA) is 105 Å². The molecule has 1 fully saturated rings. The van der Waals surface area contributed by atoms with E-state index in [0.717, 1.165) is 38.2 Å². The molecule has 2 aromatic rings. The van der Waals surface area contributed by atoms with Crippen molar-refractivity contribution >= 4 is 11.4 Å². The van der Waals surface area contributed by atoms with Gasteiger partial charge in [0.25, 0.3) is 0 Å². The Morgan fingerprint density at radius 2 is 2.05 bits per heavy atom. The molecule has 0 radical (unpaired) electrons. The molecule has 7 heteroatoms. The normalized spacial score (nSPS) is 16.4. The Labute approximate surface area is 116 Å². The second-order valence-corrected chi connectivity index (χ2v) is 5.09. The maximum atomic E-state index is 6.01. The third-order valence-corrected chi connectivity index (χ3v) is 3.62. The van der Waals surface area contributed by atoms with Gasteiger partial charge in [-0.3, -0.25) is 0 Å². The van der Waals surface area contributed by atoms with Crippen LogP contribution in [-0.2, 0) is 11.3 Å². The van der Waals surface area contributed by atoms with Crippen molar-refractivity contribution in [2.45, 2.75) is 19.4 Å². The molecule has 0 saturated carbocycles. The van der Waals surface area contributed by atoms with Crippen LogP contribution in [0.3, 0.4) is 0 Å². The van der Waals surface area contributed by atoms with Gasteiger partial charge in [0.05, 0.1) is 0 Å². The number of hydrogen-bond acceptors (Lipinski definition) is 6. The SMILES string of the molecule is Nc1ccc(-c2nnnn2CC2CCOCC2)c(N)c1. The summed E-state index contributed by atoms with van der Waals surface area (Å²) >= 11 is 0. The van der Waals surface area contributed by atoms with Gasteiger partial charge in [-0.1, -0.05) is 0 Å². The first kappa shape index (κ1) is 12.9. The Balaban J connectivity index is 1.85. The molecular formula is C13H18N6O. The van der Waals surface area contributed by atoms with E-state index in [0.29, 0.717) is 23.1 Å². The minimum atomic E-state index is 0.543. The van der Waals surface area contributed by atoms with Gasteiger partial charge in [-0.2, -0.15) is 0 Å². The third-order valence-electron chi connectivity index (χ3n) is 3.62. The summed E-state index contributed by atoms with van der Waals surface area (Å²) in [5, 5.41) is 11.9. The van der Waals surface area contributed by atoms with E-state index in [-0.39, 0.29) is 0 Å². The Morgan fingerprint density at radius 3 is 2.80 bits per heavy atom. The van der Waals surface area contributed by atoms with Crippen molar-refractivity contribution in [2.75, 3.05) is 24.7 Å². The third kappa shape index (κ3) is 2.57. The maximum Gasteiger partial charge on any atom is 0.184 e. The Kier molecular flexibility index (Phi) is 3.51. The number of benzene rings is 1. The van der Waals surface area contributed by atoms with Gasteiger partial charge in [-0.05, 0) is 47.4 Å². The van der Waals surface area contributed by atoms with Crippen LogP contribution in [0, 0.1) is 5.92 Å².